The molecule has 2 rings (SSSR count). The first-order valence-corrected chi connectivity index (χ1v) is 7.44. The molecule has 0 spiro atoms. The molecule has 2 aromatic rings. The Kier molecular flexibility index (Phi) is 4.31. The van der Waals surface area contributed by atoms with Crippen LogP contribution < -0.4 is 0 Å². The van der Waals surface area contributed by atoms with Gasteiger partial charge in [-0.1, -0.05) is 13.8 Å². The second-order valence-corrected chi connectivity index (χ2v) is 6.39. The zero-order chi connectivity index (χ0) is 14.0. The standard InChI is InChI=1S/C13H13BrN2O2S/c1-7(2)6-9-11(13(17)18)19-12(16-9)10-8(14)4-3-5-15-10/h3-5,7H,6H2,1-2H3,(H,17,18). The number of pyridine rings is 1. The van der Waals surface area contributed by atoms with Crippen LogP contribution in [0.25, 0.3) is 10.7 Å². The third-order valence-electron chi connectivity index (χ3n) is 2.45. The highest BCUT2D eigenvalue weighted by atomic mass is 79.9. The molecule has 100 valence electrons. The van der Waals surface area contributed by atoms with E-state index in [0.717, 1.165) is 4.47 Å². The van der Waals surface area contributed by atoms with E-state index in [1.165, 1.54) is 11.3 Å². The van der Waals surface area contributed by atoms with Crippen LogP contribution >= 0.6 is 27.3 Å². The molecule has 0 saturated carbocycles. The van der Waals surface area contributed by atoms with Crippen molar-refractivity contribution in [3.63, 3.8) is 0 Å². The van der Waals surface area contributed by atoms with Crippen LogP contribution in [0.4, 0.5) is 0 Å². The first kappa shape index (κ1) is 14.1. The van der Waals surface area contributed by atoms with Crippen molar-refractivity contribution in [1.82, 2.24) is 9.97 Å². The lowest BCUT2D eigenvalue weighted by Gasteiger charge is -2.01. The number of rotatable bonds is 4. The number of carbonyl (C=O) groups is 1. The first-order chi connectivity index (χ1) is 8.99. The maximum atomic E-state index is 11.3. The fourth-order valence-electron chi connectivity index (χ4n) is 1.69. The van der Waals surface area contributed by atoms with Crippen LogP contribution in [-0.2, 0) is 6.42 Å². The minimum absolute atomic E-state index is 0.307. The van der Waals surface area contributed by atoms with Gasteiger partial charge in [-0.2, -0.15) is 0 Å². The minimum atomic E-state index is -0.925. The monoisotopic (exact) mass is 340 g/mol. The van der Waals surface area contributed by atoms with E-state index in [0.29, 0.717) is 33.6 Å². The lowest BCUT2D eigenvalue weighted by Crippen LogP contribution is -2.02. The normalized spacial score (nSPS) is 10.9. The molecule has 2 aromatic heterocycles. The average molecular weight is 341 g/mol. The Morgan fingerprint density at radius 1 is 1.53 bits per heavy atom. The predicted octanol–water partition coefficient (Wildman–Crippen LogP) is 3.86. The van der Waals surface area contributed by atoms with Gasteiger partial charge in [0.25, 0.3) is 0 Å². The van der Waals surface area contributed by atoms with Gasteiger partial charge in [0.2, 0.25) is 0 Å². The summed E-state index contributed by atoms with van der Waals surface area (Å²) in [4.78, 5) is 20.3. The van der Waals surface area contributed by atoms with Crippen molar-refractivity contribution in [3.05, 3.63) is 33.4 Å². The molecule has 0 aliphatic rings. The van der Waals surface area contributed by atoms with E-state index in [1.807, 2.05) is 26.0 Å². The minimum Gasteiger partial charge on any atom is -0.477 e. The molecule has 0 saturated heterocycles. The molecule has 0 fully saturated rings. The van der Waals surface area contributed by atoms with Gasteiger partial charge >= 0.3 is 5.97 Å². The zero-order valence-electron chi connectivity index (χ0n) is 10.6. The van der Waals surface area contributed by atoms with Crippen molar-refractivity contribution in [1.29, 1.82) is 0 Å². The van der Waals surface area contributed by atoms with Gasteiger partial charge in [-0.05, 0) is 40.4 Å². The number of carboxylic acid groups (broad SMARTS) is 1. The van der Waals surface area contributed by atoms with Crippen LogP contribution in [0.15, 0.2) is 22.8 Å². The summed E-state index contributed by atoms with van der Waals surface area (Å²) < 4.78 is 0.816. The van der Waals surface area contributed by atoms with E-state index < -0.39 is 5.97 Å². The van der Waals surface area contributed by atoms with Crippen LogP contribution in [0.2, 0.25) is 0 Å². The molecule has 0 aliphatic heterocycles. The predicted molar refractivity (Wildman–Crippen MR) is 78.5 cm³/mol. The van der Waals surface area contributed by atoms with Crippen LogP contribution in [-0.4, -0.2) is 21.0 Å². The number of nitrogens with zero attached hydrogens (tertiary/aromatic N) is 2. The second-order valence-electron chi connectivity index (χ2n) is 4.53. The maximum Gasteiger partial charge on any atom is 0.347 e. The summed E-state index contributed by atoms with van der Waals surface area (Å²) in [7, 11) is 0. The average Bonchev–Trinajstić information content (AvgIpc) is 2.72. The van der Waals surface area contributed by atoms with E-state index in [2.05, 4.69) is 25.9 Å². The SMILES string of the molecule is CC(C)Cc1nc(-c2ncccc2Br)sc1C(=O)O. The van der Waals surface area contributed by atoms with Crippen LogP contribution in [0.1, 0.15) is 29.2 Å². The van der Waals surface area contributed by atoms with E-state index in [4.69, 9.17) is 0 Å². The molecule has 0 aliphatic carbocycles. The molecule has 2 heterocycles. The Morgan fingerprint density at radius 3 is 2.84 bits per heavy atom. The first-order valence-electron chi connectivity index (χ1n) is 5.83. The lowest BCUT2D eigenvalue weighted by molar-refractivity contribution is 0.0700. The molecular weight excluding hydrogens is 328 g/mol. The van der Waals surface area contributed by atoms with Crippen LogP contribution in [0.5, 0.6) is 0 Å². The Hall–Kier alpha value is -1.27. The summed E-state index contributed by atoms with van der Waals surface area (Å²) in [5.41, 5.74) is 1.32. The Labute approximate surface area is 123 Å². The van der Waals surface area contributed by atoms with Crippen molar-refractivity contribution < 1.29 is 9.90 Å². The number of hydrogen-bond donors (Lipinski definition) is 1. The Balaban J connectivity index is 2.49. The van der Waals surface area contributed by atoms with Gasteiger partial charge in [-0.3, -0.25) is 4.98 Å². The number of aromatic nitrogens is 2. The van der Waals surface area contributed by atoms with Gasteiger partial charge in [0.15, 0.2) is 0 Å². The Bertz CT molecular complexity index is 610. The quantitative estimate of drug-likeness (QED) is 0.917. The molecule has 0 aromatic carbocycles. The summed E-state index contributed by atoms with van der Waals surface area (Å²) in [6.07, 6.45) is 2.33. The van der Waals surface area contributed by atoms with E-state index >= 15 is 0 Å². The van der Waals surface area contributed by atoms with Gasteiger partial charge < -0.3 is 5.11 Å². The molecular formula is C13H13BrN2O2S. The highest BCUT2D eigenvalue weighted by Crippen LogP contribution is 2.32. The number of carboxylic acids is 1. The number of thiazole rings is 1. The maximum absolute atomic E-state index is 11.3. The molecule has 19 heavy (non-hydrogen) atoms. The van der Waals surface area contributed by atoms with Crippen LogP contribution in [0, 0.1) is 5.92 Å². The van der Waals surface area contributed by atoms with Gasteiger partial charge in [-0.25, -0.2) is 9.78 Å². The summed E-state index contributed by atoms with van der Waals surface area (Å²) in [6, 6.07) is 3.68. The van der Waals surface area contributed by atoms with Crippen molar-refractivity contribution in [2.24, 2.45) is 5.92 Å². The Morgan fingerprint density at radius 2 is 2.26 bits per heavy atom. The topological polar surface area (TPSA) is 63.1 Å². The van der Waals surface area contributed by atoms with E-state index in [9.17, 15) is 9.90 Å². The van der Waals surface area contributed by atoms with Crippen LogP contribution in [0.3, 0.4) is 0 Å². The molecule has 6 heteroatoms. The largest absolute Gasteiger partial charge is 0.477 e. The molecule has 1 N–H and O–H groups in total. The molecule has 0 atom stereocenters. The molecule has 0 amide bonds. The van der Waals surface area contributed by atoms with Crippen molar-refractivity contribution in [2.45, 2.75) is 20.3 Å². The third-order valence-corrected chi connectivity index (χ3v) is 4.19. The van der Waals surface area contributed by atoms with Crippen molar-refractivity contribution in [2.75, 3.05) is 0 Å². The van der Waals surface area contributed by atoms with Gasteiger partial charge in [0.1, 0.15) is 15.6 Å². The molecule has 4 nitrogen and oxygen atoms in total. The molecule has 0 unspecified atom stereocenters. The summed E-state index contributed by atoms with van der Waals surface area (Å²) in [5, 5.41) is 9.89. The van der Waals surface area contributed by atoms with Gasteiger partial charge in [0.05, 0.1) is 5.69 Å². The fourth-order valence-corrected chi connectivity index (χ4v) is 3.20. The highest BCUT2D eigenvalue weighted by molar-refractivity contribution is 9.10. The number of aromatic carboxylic acids is 1. The molecule has 0 bridgehead atoms. The summed E-state index contributed by atoms with van der Waals surface area (Å²) in [6.45, 7) is 4.09. The smallest absolute Gasteiger partial charge is 0.347 e. The molecule has 0 radical (unpaired) electrons. The van der Waals surface area contributed by atoms with Crippen molar-refractivity contribution >= 4 is 33.2 Å². The van der Waals surface area contributed by atoms with Gasteiger partial charge in [-0.15, -0.1) is 11.3 Å². The number of hydrogen-bond acceptors (Lipinski definition) is 4. The fraction of sp³-hybridized carbons (Fsp3) is 0.308. The van der Waals surface area contributed by atoms with Gasteiger partial charge in [0, 0.05) is 10.7 Å². The second kappa shape index (κ2) is 5.79. The number of halogens is 1. The van der Waals surface area contributed by atoms with E-state index in [1.54, 1.807) is 6.20 Å². The summed E-state index contributed by atoms with van der Waals surface area (Å²) >= 11 is 4.59. The zero-order valence-corrected chi connectivity index (χ0v) is 13.0. The summed E-state index contributed by atoms with van der Waals surface area (Å²) in [5.74, 6) is -0.563. The third kappa shape index (κ3) is 3.19. The lowest BCUT2D eigenvalue weighted by atomic mass is 10.1. The van der Waals surface area contributed by atoms with E-state index in [-0.39, 0.29) is 0 Å². The highest BCUT2D eigenvalue weighted by Gasteiger charge is 2.20. The van der Waals surface area contributed by atoms with Crippen molar-refractivity contribution in [3.8, 4) is 10.7 Å².